The summed E-state index contributed by atoms with van der Waals surface area (Å²) < 4.78 is 5.32. The number of para-hydroxylation sites is 1. The van der Waals surface area contributed by atoms with E-state index in [1.807, 2.05) is 42.5 Å². The van der Waals surface area contributed by atoms with Crippen LogP contribution in [0, 0.1) is 0 Å². The van der Waals surface area contributed by atoms with Gasteiger partial charge in [0.15, 0.2) is 0 Å². The summed E-state index contributed by atoms with van der Waals surface area (Å²) in [6, 6.07) is 13.3. The number of aromatic nitrogens is 2. The van der Waals surface area contributed by atoms with E-state index in [0.717, 1.165) is 46.8 Å². The van der Waals surface area contributed by atoms with Crippen LogP contribution < -0.4 is 15.0 Å². The molecular weight excluding hydrogens is 340 g/mol. The molecular formula is C21H22N4O2. The van der Waals surface area contributed by atoms with Gasteiger partial charge >= 0.3 is 0 Å². The SMILES string of the molecule is COc1ccccc1CC(=O)Nc1ccc2ncnc(N3CCCC3)c2c1. The first-order chi connectivity index (χ1) is 13.2. The van der Waals surface area contributed by atoms with Gasteiger partial charge in [-0.25, -0.2) is 9.97 Å². The minimum absolute atomic E-state index is 0.0848. The van der Waals surface area contributed by atoms with Crippen LogP contribution >= 0.6 is 0 Å². The van der Waals surface area contributed by atoms with Gasteiger partial charge in [0.1, 0.15) is 17.9 Å². The van der Waals surface area contributed by atoms with Crippen molar-refractivity contribution in [3.8, 4) is 5.75 Å². The van der Waals surface area contributed by atoms with Crippen LogP contribution in [0.5, 0.6) is 5.75 Å². The van der Waals surface area contributed by atoms with Gasteiger partial charge in [-0.15, -0.1) is 0 Å². The van der Waals surface area contributed by atoms with E-state index >= 15 is 0 Å². The highest BCUT2D eigenvalue weighted by molar-refractivity contribution is 5.97. The van der Waals surface area contributed by atoms with Crippen molar-refractivity contribution in [1.82, 2.24) is 9.97 Å². The Balaban J connectivity index is 1.56. The van der Waals surface area contributed by atoms with Gasteiger partial charge in [-0.3, -0.25) is 4.79 Å². The first-order valence-corrected chi connectivity index (χ1v) is 9.16. The van der Waals surface area contributed by atoms with E-state index in [2.05, 4.69) is 20.2 Å². The molecule has 2 heterocycles. The first-order valence-electron chi connectivity index (χ1n) is 9.16. The highest BCUT2D eigenvalue weighted by Crippen LogP contribution is 2.28. The van der Waals surface area contributed by atoms with Gasteiger partial charge in [-0.2, -0.15) is 0 Å². The summed E-state index contributed by atoms with van der Waals surface area (Å²) in [4.78, 5) is 23.6. The third-order valence-corrected chi connectivity index (χ3v) is 4.85. The number of nitrogens with zero attached hydrogens (tertiary/aromatic N) is 3. The van der Waals surface area contributed by atoms with Crippen LogP contribution in [0.3, 0.4) is 0 Å². The van der Waals surface area contributed by atoms with Crippen LogP contribution in [0.1, 0.15) is 18.4 Å². The summed E-state index contributed by atoms with van der Waals surface area (Å²) in [5.74, 6) is 1.58. The van der Waals surface area contributed by atoms with Gasteiger partial charge < -0.3 is 15.0 Å². The van der Waals surface area contributed by atoms with E-state index < -0.39 is 0 Å². The number of rotatable bonds is 5. The number of carbonyl (C=O) groups is 1. The number of nitrogens with one attached hydrogen (secondary N) is 1. The zero-order valence-corrected chi connectivity index (χ0v) is 15.3. The summed E-state index contributed by atoms with van der Waals surface area (Å²) in [5, 5.41) is 3.95. The summed E-state index contributed by atoms with van der Waals surface area (Å²) >= 11 is 0. The molecule has 0 unspecified atom stereocenters. The molecule has 0 radical (unpaired) electrons. The van der Waals surface area contributed by atoms with Gasteiger partial charge in [-0.05, 0) is 37.1 Å². The van der Waals surface area contributed by atoms with Crippen LogP contribution in [0.15, 0.2) is 48.8 Å². The van der Waals surface area contributed by atoms with Crippen molar-refractivity contribution >= 4 is 28.3 Å². The van der Waals surface area contributed by atoms with Crippen LogP contribution in [0.25, 0.3) is 10.9 Å². The Kier molecular flexibility index (Phi) is 4.87. The first kappa shape index (κ1) is 17.3. The topological polar surface area (TPSA) is 67.3 Å². The summed E-state index contributed by atoms with van der Waals surface area (Å²) in [6.07, 6.45) is 4.23. The Morgan fingerprint density at radius 1 is 1.15 bits per heavy atom. The van der Waals surface area contributed by atoms with E-state index in [-0.39, 0.29) is 12.3 Å². The second kappa shape index (κ2) is 7.61. The summed E-state index contributed by atoms with van der Waals surface area (Å²) in [7, 11) is 1.61. The minimum Gasteiger partial charge on any atom is -0.496 e. The number of hydrogen-bond donors (Lipinski definition) is 1. The lowest BCUT2D eigenvalue weighted by Gasteiger charge is -2.18. The predicted octanol–water partition coefficient (Wildman–Crippen LogP) is 3.42. The van der Waals surface area contributed by atoms with E-state index in [1.54, 1.807) is 13.4 Å². The minimum atomic E-state index is -0.0848. The Bertz CT molecular complexity index is 967. The fraction of sp³-hybridized carbons (Fsp3) is 0.286. The molecule has 1 N–H and O–H groups in total. The molecule has 2 aromatic carbocycles. The number of hydrogen-bond acceptors (Lipinski definition) is 5. The van der Waals surface area contributed by atoms with Crippen molar-refractivity contribution in [1.29, 1.82) is 0 Å². The van der Waals surface area contributed by atoms with Gasteiger partial charge in [0, 0.05) is 29.7 Å². The number of amides is 1. The second-order valence-electron chi connectivity index (χ2n) is 6.66. The summed E-state index contributed by atoms with van der Waals surface area (Å²) in [5.41, 5.74) is 2.49. The quantitative estimate of drug-likeness (QED) is 0.753. The number of ether oxygens (including phenoxy) is 1. The smallest absolute Gasteiger partial charge is 0.228 e. The molecule has 1 aliphatic rings. The highest BCUT2D eigenvalue weighted by Gasteiger charge is 2.17. The normalized spacial score (nSPS) is 13.7. The lowest BCUT2D eigenvalue weighted by Crippen LogP contribution is -2.19. The van der Waals surface area contributed by atoms with Crippen molar-refractivity contribution in [2.75, 3.05) is 30.4 Å². The fourth-order valence-electron chi connectivity index (χ4n) is 3.53. The molecule has 1 aromatic heterocycles. The Labute approximate surface area is 158 Å². The maximum Gasteiger partial charge on any atom is 0.228 e. The highest BCUT2D eigenvalue weighted by atomic mass is 16.5. The molecule has 27 heavy (non-hydrogen) atoms. The second-order valence-corrected chi connectivity index (χ2v) is 6.66. The average molecular weight is 362 g/mol. The zero-order valence-electron chi connectivity index (χ0n) is 15.3. The lowest BCUT2D eigenvalue weighted by molar-refractivity contribution is -0.115. The van der Waals surface area contributed by atoms with Crippen molar-refractivity contribution in [2.45, 2.75) is 19.3 Å². The van der Waals surface area contributed by atoms with Gasteiger partial charge in [0.05, 0.1) is 19.0 Å². The third-order valence-electron chi connectivity index (χ3n) is 4.85. The van der Waals surface area contributed by atoms with Crippen LogP contribution in [-0.4, -0.2) is 36.1 Å². The Hall–Kier alpha value is -3.15. The molecule has 3 aromatic rings. The van der Waals surface area contributed by atoms with Gasteiger partial charge in [0.25, 0.3) is 0 Å². The van der Waals surface area contributed by atoms with Gasteiger partial charge in [0.2, 0.25) is 5.91 Å². The fourth-order valence-corrected chi connectivity index (χ4v) is 3.53. The third kappa shape index (κ3) is 3.69. The van der Waals surface area contributed by atoms with Crippen molar-refractivity contribution in [2.24, 2.45) is 0 Å². The molecule has 0 bridgehead atoms. The molecule has 6 heteroatoms. The Morgan fingerprint density at radius 3 is 2.78 bits per heavy atom. The predicted molar refractivity (Wildman–Crippen MR) is 106 cm³/mol. The molecule has 6 nitrogen and oxygen atoms in total. The maximum absolute atomic E-state index is 12.5. The van der Waals surface area contributed by atoms with Crippen molar-refractivity contribution < 1.29 is 9.53 Å². The molecule has 1 fully saturated rings. The number of methoxy groups -OCH3 is 1. The molecule has 1 amide bonds. The summed E-state index contributed by atoms with van der Waals surface area (Å²) in [6.45, 7) is 2.02. The zero-order chi connectivity index (χ0) is 18.6. The molecule has 0 atom stereocenters. The number of fused-ring (bicyclic) bond motifs is 1. The molecule has 138 valence electrons. The molecule has 0 aliphatic carbocycles. The maximum atomic E-state index is 12.5. The monoisotopic (exact) mass is 362 g/mol. The molecule has 1 saturated heterocycles. The van der Waals surface area contributed by atoms with Gasteiger partial charge in [-0.1, -0.05) is 18.2 Å². The van der Waals surface area contributed by atoms with E-state index in [9.17, 15) is 4.79 Å². The number of anilines is 2. The average Bonchev–Trinajstić information content (AvgIpc) is 3.22. The Morgan fingerprint density at radius 2 is 1.96 bits per heavy atom. The van der Waals surface area contributed by atoms with Crippen LogP contribution in [-0.2, 0) is 11.2 Å². The largest absolute Gasteiger partial charge is 0.496 e. The standard InChI is InChI=1S/C21H22N4O2/c1-27-19-7-3-2-6-15(19)12-20(26)24-16-8-9-18-17(13-16)21(23-14-22-18)25-10-4-5-11-25/h2-3,6-9,13-14H,4-5,10-12H2,1H3,(H,24,26). The molecule has 0 saturated carbocycles. The molecule has 0 spiro atoms. The lowest BCUT2D eigenvalue weighted by atomic mass is 10.1. The van der Waals surface area contributed by atoms with E-state index in [0.29, 0.717) is 0 Å². The molecule has 4 rings (SSSR count). The van der Waals surface area contributed by atoms with E-state index in [4.69, 9.17) is 4.74 Å². The molecule has 1 aliphatic heterocycles. The van der Waals surface area contributed by atoms with Crippen LogP contribution in [0.2, 0.25) is 0 Å². The van der Waals surface area contributed by atoms with Crippen molar-refractivity contribution in [3.63, 3.8) is 0 Å². The van der Waals surface area contributed by atoms with E-state index in [1.165, 1.54) is 12.8 Å². The number of carbonyl (C=O) groups excluding carboxylic acids is 1. The van der Waals surface area contributed by atoms with Crippen molar-refractivity contribution in [3.05, 3.63) is 54.4 Å². The number of benzene rings is 2. The van der Waals surface area contributed by atoms with Crippen LogP contribution in [0.4, 0.5) is 11.5 Å².